The van der Waals surface area contributed by atoms with Crippen LogP contribution in [0.3, 0.4) is 0 Å². The van der Waals surface area contributed by atoms with E-state index < -0.39 is 0 Å². The minimum Gasteiger partial charge on any atom is -0.341 e. The molecule has 0 radical (unpaired) electrons. The number of carbonyl (C=O) groups excluding carboxylic acids is 1. The van der Waals surface area contributed by atoms with Gasteiger partial charge < -0.3 is 10.6 Å². The third-order valence-corrected chi connectivity index (χ3v) is 3.62. The number of rotatable bonds is 3. The molecule has 1 aliphatic heterocycles. The maximum absolute atomic E-state index is 13.3. The van der Waals surface area contributed by atoms with Gasteiger partial charge in [0.05, 0.1) is 0 Å². The van der Waals surface area contributed by atoms with Crippen molar-refractivity contribution in [1.82, 2.24) is 4.90 Å². The van der Waals surface area contributed by atoms with E-state index in [4.69, 9.17) is 5.73 Å². The highest BCUT2D eigenvalue weighted by atomic mass is 19.1. The number of carbonyl (C=O) groups is 1. The monoisotopic (exact) mass is 264 g/mol. The van der Waals surface area contributed by atoms with Crippen LogP contribution in [-0.4, -0.2) is 29.9 Å². The molecule has 1 aliphatic rings. The lowest BCUT2D eigenvalue weighted by molar-refractivity contribution is -0.132. The van der Waals surface area contributed by atoms with Crippen molar-refractivity contribution in [2.24, 2.45) is 5.73 Å². The van der Waals surface area contributed by atoms with Crippen LogP contribution in [0, 0.1) is 5.82 Å². The zero-order valence-corrected chi connectivity index (χ0v) is 11.3. The Morgan fingerprint density at radius 1 is 1.47 bits per heavy atom. The largest absolute Gasteiger partial charge is 0.341 e. The first-order chi connectivity index (χ1) is 9.10. The number of likely N-dealkylation sites (tertiary alicyclic amines) is 1. The fourth-order valence-corrected chi connectivity index (χ4v) is 2.72. The van der Waals surface area contributed by atoms with Gasteiger partial charge in [-0.25, -0.2) is 4.39 Å². The lowest BCUT2D eigenvalue weighted by Gasteiger charge is -2.36. The second-order valence-electron chi connectivity index (χ2n) is 5.30. The first-order valence-electron chi connectivity index (χ1n) is 6.89. The molecule has 1 aromatic rings. The minimum absolute atomic E-state index is 0.0252. The molecule has 3 nitrogen and oxygen atoms in total. The van der Waals surface area contributed by atoms with E-state index in [0.29, 0.717) is 19.5 Å². The second-order valence-corrected chi connectivity index (χ2v) is 5.30. The molecule has 19 heavy (non-hydrogen) atoms. The van der Waals surface area contributed by atoms with E-state index in [0.717, 1.165) is 18.4 Å². The molecule has 2 unspecified atom stereocenters. The molecule has 0 bridgehead atoms. The Bertz CT molecular complexity index is 450. The van der Waals surface area contributed by atoms with Crippen molar-refractivity contribution < 1.29 is 9.18 Å². The summed E-state index contributed by atoms with van der Waals surface area (Å²) < 4.78 is 13.3. The number of amides is 1. The van der Waals surface area contributed by atoms with Crippen molar-refractivity contribution in [3.63, 3.8) is 0 Å². The van der Waals surface area contributed by atoms with Gasteiger partial charge in [0.1, 0.15) is 5.82 Å². The van der Waals surface area contributed by atoms with Crippen LogP contribution in [0.25, 0.3) is 0 Å². The van der Waals surface area contributed by atoms with Crippen LogP contribution in [-0.2, 0) is 4.79 Å². The van der Waals surface area contributed by atoms with Crippen LogP contribution in [0.15, 0.2) is 24.3 Å². The Labute approximate surface area is 113 Å². The molecule has 0 aliphatic carbocycles. The Balaban J connectivity index is 2.11. The molecule has 0 spiro atoms. The molecular formula is C15H21FN2O. The summed E-state index contributed by atoms with van der Waals surface area (Å²) in [4.78, 5) is 13.8. The van der Waals surface area contributed by atoms with E-state index in [-0.39, 0.29) is 23.7 Å². The molecule has 2 atom stereocenters. The number of nitrogens with two attached hydrogens (primary N) is 1. The fraction of sp³-hybridized carbons (Fsp3) is 0.533. The maximum Gasteiger partial charge on any atom is 0.222 e. The summed E-state index contributed by atoms with van der Waals surface area (Å²) in [6.07, 6.45) is 2.21. The van der Waals surface area contributed by atoms with Gasteiger partial charge in [-0.05, 0) is 30.5 Å². The van der Waals surface area contributed by atoms with E-state index in [1.807, 2.05) is 17.9 Å². The Kier molecular flexibility index (Phi) is 4.53. The summed E-state index contributed by atoms with van der Waals surface area (Å²) >= 11 is 0. The fourth-order valence-electron chi connectivity index (χ4n) is 2.72. The van der Waals surface area contributed by atoms with E-state index in [2.05, 4.69) is 0 Å². The summed E-state index contributed by atoms with van der Waals surface area (Å²) in [5, 5.41) is 0. The number of hydrogen-bond acceptors (Lipinski definition) is 2. The highest BCUT2D eigenvalue weighted by molar-refractivity contribution is 5.76. The molecule has 1 fully saturated rings. The van der Waals surface area contributed by atoms with Gasteiger partial charge in [-0.2, -0.15) is 0 Å². The van der Waals surface area contributed by atoms with Crippen LogP contribution in [0.1, 0.15) is 37.7 Å². The van der Waals surface area contributed by atoms with Gasteiger partial charge in [0.15, 0.2) is 0 Å². The first-order valence-corrected chi connectivity index (χ1v) is 6.89. The topological polar surface area (TPSA) is 46.3 Å². The highest BCUT2D eigenvalue weighted by Crippen LogP contribution is 2.27. The van der Waals surface area contributed by atoms with Gasteiger partial charge in [-0.3, -0.25) is 4.79 Å². The lowest BCUT2D eigenvalue weighted by atomic mass is 9.88. The number of nitrogens with zero attached hydrogens (tertiary/aromatic N) is 1. The third kappa shape index (κ3) is 3.53. The molecule has 2 N–H and O–H groups in total. The minimum atomic E-state index is -0.233. The lowest BCUT2D eigenvalue weighted by Crippen LogP contribution is -2.48. The molecule has 104 valence electrons. The van der Waals surface area contributed by atoms with Crippen LogP contribution in [0.2, 0.25) is 0 Å². The van der Waals surface area contributed by atoms with Crippen molar-refractivity contribution in [1.29, 1.82) is 0 Å². The predicted molar refractivity (Wildman–Crippen MR) is 73.2 cm³/mol. The van der Waals surface area contributed by atoms with Crippen molar-refractivity contribution in [2.75, 3.05) is 13.1 Å². The Hall–Kier alpha value is -1.42. The third-order valence-electron chi connectivity index (χ3n) is 3.62. The molecule has 1 amide bonds. The van der Waals surface area contributed by atoms with E-state index in [1.165, 1.54) is 6.07 Å². The van der Waals surface area contributed by atoms with Crippen LogP contribution < -0.4 is 5.73 Å². The quantitative estimate of drug-likeness (QED) is 0.910. The molecule has 1 heterocycles. The smallest absolute Gasteiger partial charge is 0.222 e. The SMILES string of the molecule is CCCC(=O)N1CC(N)CC(c2cccc(F)c2)C1. The normalized spacial score (nSPS) is 23.4. The van der Waals surface area contributed by atoms with E-state index in [1.54, 1.807) is 12.1 Å². The highest BCUT2D eigenvalue weighted by Gasteiger charge is 2.28. The summed E-state index contributed by atoms with van der Waals surface area (Å²) in [6, 6.07) is 6.58. The Morgan fingerprint density at radius 2 is 2.26 bits per heavy atom. The number of hydrogen-bond donors (Lipinski definition) is 1. The van der Waals surface area contributed by atoms with Crippen LogP contribution in [0.5, 0.6) is 0 Å². The van der Waals surface area contributed by atoms with Gasteiger partial charge in [-0.15, -0.1) is 0 Å². The predicted octanol–water partition coefficient (Wildman–Crippen LogP) is 2.27. The summed E-state index contributed by atoms with van der Waals surface area (Å²) in [7, 11) is 0. The zero-order chi connectivity index (χ0) is 13.8. The standard InChI is InChI=1S/C15H21FN2O/c1-2-4-15(19)18-9-12(8-14(17)10-18)11-5-3-6-13(16)7-11/h3,5-7,12,14H,2,4,8-10,17H2,1H3. The number of piperidine rings is 1. The summed E-state index contributed by atoms with van der Waals surface area (Å²) in [5.41, 5.74) is 6.97. The average Bonchev–Trinajstić information content (AvgIpc) is 2.38. The van der Waals surface area contributed by atoms with Crippen molar-refractivity contribution >= 4 is 5.91 Å². The van der Waals surface area contributed by atoms with Crippen molar-refractivity contribution in [3.8, 4) is 0 Å². The Morgan fingerprint density at radius 3 is 2.95 bits per heavy atom. The van der Waals surface area contributed by atoms with Gasteiger partial charge >= 0.3 is 0 Å². The summed E-state index contributed by atoms with van der Waals surface area (Å²) in [6.45, 7) is 3.26. The molecule has 4 heteroatoms. The molecule has 0 saturated carbocycles. The zero-order valence-electron chi connectivity index (χ0n) is 11.3. The van der Waals surface area contributed by atoms with Gasteiger partial charge in [0.2, 0.25) is 5.91 Å². The van der Waals surface area contributed by atoms with Crippen molar-refractivity contribution in [3.05, 3.63) is 35.6 Å². The van der Waals surface area contributed by atoms with Gasteiger partial charge in [-0.1, -0.05) is 19.1 Å². The molecular weight excluding hydrogens is 243 g/mol. The van der Waals surface area contributed by atoms with Crippen LogP contribution >= 0.6 is 0 Å². The maximum atomic E-state index is 13.3. The number of benzene rings is 1. The number of halogens is 1. The molecule has 2 rings (SSSR count). The van der Waals surface area contributed by atoms with E-state index in [9.17, 15) is 9.18 Å². The average molecular weight is 264 g/mol. The van der Waals surface area contributed by atoms with Crippen LogP contribution in [0.4, 0.5) is 4.39 Å². The van der Waals surface area contributed by atoms with Gasteiger partial charge in [0, 0.05) is 31.5 Å². The van der Waals surface area contributed by atoms with E-state index >= 15 is 0 Å². The first kappa shape index (κ1) is 14.0. The van der Waals surface area contributed by atoms with Crippen molar-refractivity contribution in [2.45, 2.75) is 38.1 Å². The summed E-state index contributed by atoms with van der Waals surface area (Å²) in [5.74, 6) is 0.0578. The molecule has 0 aromatic heterocycles. The molecule has 1 saturated heterocycles. The second kappa shape index (κ2) is 6.15. The molecule has 1 aromatic carbocycles. The van der Waals surface area contributed by atoms with Gasteiger partial charge in [0.25, 0.3) is 0 Å².